The zero-order chi connectivity index (χ0) is 24.8. The molecule has 2 aromatic rings. The standard InChI is InChI=1S/C22H25Cl2N5O4S/c1-13(2)27-12-20-28(34(32,33)19-6-5-15(23)9-16(19)24)11-17(25)21(30)29(20)18(22(27)31)8-14-4-3-7-26-10-14/h3-7,9-10,13,17-18,20H,8,11-12,25H2,1-2H3. The Kier molecular flexibility index (Phi) is 6.90. The molecule has 0 spiro atoms. The highest BCUT2D eigenvalue weighted by atomic mass is 35.5. The first kappa shape index (κ1) is 24.9. The van der Waals surface area contributed by atoms with Gasteiger partial charge in [-0.25, -0.2) is 8.42 Å². The number of carbonyl (C=O) groups is 2. The van der Waals surface area contributed by atoms with Gasteiger partial charge >= 0.3 is 0 Å². The van der Waals surface area contributed by atoms with Crippen molar-refractivity contribution in [3.8, 4) is 0 Å². The van der Waals surface area contributed by atoms with Crippen molar-refractivity contribution >= 4 is 45.0 Å². The number of nitrogens with two attached hydrogens (primary N) is 1. The molecule has 9 nitrogen and oxygen atoms in total. The molecule has 0 radical (unpaired) electrons. The molecule has 0 bridgehead atoms. The Morgan fingerprint density at radius 3 is 2.50 bits per heavy atom. The summed E-state index contributed by atoms with van der Waals surface area (Å²) in [4.78, 5) is 33.6. The highest BCUT2D eigenvalue weighted by Gasteiger charge is 2.53. The number of pyridine rings is 1. The average molecular weight is 526 g/mol. The van der Waals surface area contributed by atoms with E-state index in [-0.39, 0.29) is 41.4 Å². The van der Waals surface area contributed by atoms with Gasteiger partial charge in [0.25, 0.3) is 0 Å². The van der Waals surface area contributed by atoms with E-state index in [0.29, 0.717) is 5.02 Å². The third kappa shape index (κ3) is 4.40. The van der Waals surface area contributed by atoms with Gasteiger partial charge in [-0.05, 0) is 43.7 Å². The Morgan fingerprint density at radius 1 is 1.15 bits per heavy atom. The van der Waals surface area contributed by atoms with E-state index in [1.165, 1.54) is 27.4 Å². The molecule has 34 heavy (non-hydrogen) atoms. The van der Waals surface area contributed by atoms with E-state index in [0.717, 1.165) is 5.56 Å². The molecule has 4 rings (SSSR count). The number of aromatic nitrogens is 1. The van der Waals surface area contributed by atoms with Crippen molar-refractivity contribution in [3.05, 3.63) is 58.3 Å². The van der Waals surface area contributed by atoms with Crippen LogP contribution in [0.5, 0.6) is 0 Å². The van der Waals surface area contributed by atoms with E-state index in [1.54, 1.807) is 29.4 Å². The first-order valence-corrected chi connectivity index (χ1v) is 13.0. The molecular formula is C22H25Cl2N5O4S. The zero-order valence-electron chi connectivity index (χ0n) is 18.6. The SMILES string of the molecule is CC(C)N1CC2N(C(=O)C(N)CN2S(=O)(=O)c2ccc(Cl)cc2Cl)C(Cc2cccnc2)C1=O. The summed E-state index contributed by atoms with van der Waals surface area (Å²) in [7, 11) is -4.18. The van der Waals surface area contributed by atoms with Gasteiger partial charge in [-0.15, -0.1) is 0 Å². The van der Waals surface area contributed by atoms with Crippen molar-refractivity contribution in [1.29, 1.82) is 0 Å². The molecule has 2 amide bonds. The van der Waals surface area contributed by atoms with Crippen LogP contribution in [-0.4, -0.2) is 76.7 Å². The molecule has 0 saturated carbocycles. The van der Waals surface area contributed by atoms with Crippen LogP contribution in [0.2, 0.25) is 10.0 Å². The number of sulfonamides is 1. The smallest absolute Gasteiger partial charge is 0.246 e. The maximum Gasteiger partial charge on any atom is 0.246 e. The molecule has 3 unspecified atom stereocenters. The van der Waals surface area contributed by atoms with E-state index in [9.17, 15) is 18.0 Å². The van der Waals surface area contributed by atoms with E-state index in [2.05, 4.69) is 4.98 Å². The monoisotopic (exact) mass is 525 g/mol. The van der Waals surface area contributed by atoms with E-state index < -0.39 is 34.2 Å². The Hall–Kier alpha value is -2.24. The van der Waals surface area contributed by atoms with Crippen molar-refractivity contribution in [2.24, 2.45) is 5.73 Å². The highest BCUT2D eigenvalue weighted by Crippen LogP contribution is 2.34. The van der Waals surface area contributed by atoms with Gasteiger partial charge in [0.05, 0.1) is 17.6 Å². The Balaban J connectivity index is 1.80. The van der Waals surface area contributed by atoms with Gasteiger partial charge in [0.2, 0.25) is 21.8 Å². The number of rotatable bonds is 5. The Labute approximate surface area is 208 Å². The van der Waals surface area contributed by atoms with Crippen LogP contribution in [-0.2, 0) is 26.0 Å². The summed E-state index contributed by atoms with van der Waals surface area (Å²) in [6.45, 7) is 3.48. The minimum absolute atomic E-state index is 0.0168. The molecular weight excluding hydrogens is 501 g/mol. The van der Waals surface area contributed by atoms with Crippen LogP contribution in [0.15, 0.2) is 47.6 Å². The second-order valence-electron chi connectivity index (χ2n) is 8.65. The van der Waals surface area contributed by atoms with Crippen LogP contribution in [0, 0.1) is 0 Å². The second kappa shape index (κ2) is 9.43. The third-order valence-electron chi connectivity index (χ3n) is 6.12. The lowest BCUT2D eigenvalue weighted by Crippen LogP contribution is -2.75. The Morgan fingerprint density at radius 2 is 1.88 bits per heavy atom. The molecule has 182 valence electrons. The summed E-state index contributed by atoms with van der Waals surface area (Å²) < 4.78 is 28.7. The largest absolute Gasteiger partial charge is 0.335 e. The lowest BCUT2D eigenvalue weighted by molar-refractivity contribution is -0.167. The first-order valence-electron chi connectivity index (χ1n) is 10.8. The van der Waals surface area contributed by atoms with Gasteiger partial charge in [0, 0.05) is 36.4 Å². The van der Waals surface area contributed by atoms with Crippen LogP contribution in [0.25, 0.3) is 0 Å². The molecule has 2 fully saturated rings. The number of carbonyl (C=O) groups excluding carboxylic acids is 2. The van der Waals surface area contributed by atoms with Crippen LogP contribution < -0.4 is 5.73 Å². The number of nitrogens with zero attached hydrogens (tertiary/aromatic N) is 4. The number of piperazine rings is 1. The first-order chi connectivity index (χ1) is 16.0. The quantitative estimate of drug-likeness (QED) is 0.635. The summed E-state index contributed by atoms with van der Waals surface area (Å²) in [5.41, 5.74) is 6.86. The zero-order valence-corrected chi connectivity index (χ0v) is 21.0. The second-order valence-corrected chi connectivity index (χ2v) is 11.4. The maximum absolute atomic E-state index is 13.7. The molecule has 3 atom stereocenters. The maximum atomic E-state index is 13.7. The molecule has 2 saturated heterocycles. The lowest BCUT2D eigenvalue weighted by atomic mass is 9.97. The highest BCUT2D eigenvalue weighted by molar-refractivity contribution is 7.89. The number of benzene rings is 1. The minimum atomic E-state index is -4.18. The molecule has 1 aromatic heterocycles. The van der Waals surface area contributed by atoms with Crippen molar-refractivity contribution in [3.63, 3.8) is 0 Å². The Bertz CT molecular complexity index is 1210. The molecule has 3 heterocycles. The molecule has 2 N–H and O–H groups in total. The minimum Gasteiger partial charge on any atom is -0.335 e. The van der Waals surface area contributed by atoms with Crippen molar-refractivity contribution < 1.29 is 18.0 Å². The van der Waals surface area contributed by atoms with Crippen LogP contribution in [0.4, 0.5) is 0 Å². The normalized spacial score (nSPS) is 24.0. The summed E-state index contributed by atoms with van der Waals surface area (Å²) in [5.74, 6) is -0.733. The average Bonchev–Trinajstić information content (AvgIpc) is 2.77. The topological polar surface area (TPSA) is 117 Å². The number of fused-ring (bicyclic) bond motifs is 1. The fourth-order valence-corrected chi connectivity index (χ4v) is 6.79. The van der Waals surface area contributed by atoms with E-state index in [1.807, 2.05) is 13.8 Å². The molecule has 2 aliphatic rings. The van der Waals surface area contributed by atoms with Gasteiger partial charge < -0.3 is 15.5 Å². The molecule has 1 aromatic carbocycles. The van der Waals surface area contributed by atoms with Crippen LogP contribution in [0.3, 0.4) is 0 Å². The van der Waals surface area contributed by atoms with Crippen molar-refractivity contribution in [2.75, 3.05) is 13.1 Å². The van der Waals surface area contributed by atoms with Crippen LogP contribution in [0.1, 0.15) is 19.4 Å². The predicted molar refractivity (Wildman–Crippen MR) is 128 cm³/mol. The van der Waals surface area contributed by atoms with Gasteiger partial charge in [-0.3, -0.25) is 14.6 Å². The van der Waals surface area contributed by atoms with Crippen molar-refractivity contribution in [2.45, 2.75) is 49.5 Å². The lowest BCUT2D eigenvalue weighted by Gasteiger charge is -2.53. The van der Waals surface area contributed by atoms with Gasteiger partial charge in [0.1, 0.15) is 17.1 Å². The van der Waals surface area contributed by atoms with E-state index in [4.69, 9.17) is 28.9 Å². The fraction of sp³-hybridized carbons (Fsp3) is 0.409. The molecule has 2 aliphatic heterocycles. The molecule has 12 heteroatoms. The summed E-state index contributed by atoms with van der Waals surface area (Å²) in [6, 6.07) is 5.38. The summed E-state index contributed by atoms with van der Waals surface area (Å²) in [6.07, 6.45) is 2.47. The summed E-state index contributed by atoms with van der Waals surface area (Å²) >= 11 is 12.2. The number of halogens is 2. The summed E-state index contributed by atoms with van der Waals surface area (Å²) in [5, 5.41) is 0.255. The number of hydrogen-bond donors (Lipinski definition) is 1. The molecule has 0 aliphatic carbocycles. The number of hydrogen-bond acceptors (Lipinski definition) is 6. The number of amides is 2. The van der Waals surface area contributed by atoms with Crippen molar-refractivity contribution in [1.82, 2.24) is 19.1 Å². The van der Waals surface area contributed by atoms with Crippen LogP contribution >= 0.6 is 23.2 Å². The van der Waals surface area contributed by atoms with Gasteiger partial charge in [0.15, 0.2) is 0 Å². The van der Waals surface area contributed by atoms with E-state index >= 15 is 0 Å². The van der Waals surface area contributed by atoms with Gasteiger partial charge in [-0.2, -0.15) is 4.31 Å². The van der Waals surface area contributed by atoms with Gasteiger partial charge in [-0.1, -0.05) is 29.3 Å². The predicted octanol–water partition coefficient (Wildman–Crippen LogP) is 1.74. The fourth-order valence-electron chi connectivity index (χ4n) is 4.45. The third-order valence-corrected chi connectivity index (χ3v) is 8.70.